The Bertz CT molecular complexity index is 965. The van der Waals surface area contributed by atoms with Crippen molar-refractivity contribution >= 4 is 45.8 Å². The van der Waals surface area contributed by atoms with Crippen molar-refractivity contribution in [1.29, 1.82) is 0 Å². The van der Waals surface area contributed by atoms with Crippen LogP contribution in [0.1, 0.15) is 31.0 Å². The summed E-state index contributed by atoms with van der Waals surface area (Å²) in [7, 11) is 2.11. The highest BCUT2D eigenvalue weighted by Gasteiger charge is 2.48. The van der Waals surface area contributed by atoms with Gasteiger partial charge in [0.15, 0.2) is 5.13 Å². The molecule has 7 nitrogen and oxygen atoms in total. The van der Waals surface area contributed by atoms with Gasteiger partial charge in [-0.15, -0.1) is 11.3 Å². The standard InChI is InChI=1S/C21H25ClN4O3S/c1-3-29-18(27)7-5-15-11-30-19(23-15)24-20(28)26-13-21(8-9-25(2)12-21)16-10-14(22)4-6-17(16)26/h4,6,10-11H,3,5,7-9,12-13H2,1-2H3,(H,23,24,28). The molecule has 160 valence electrons. The number of aryl methyl sites for hydroxylation is 1. The number of benzene rings is 1. The first-order chi connectivity index (χ1) is 14.4. The van der Waals surface area contributed by atoms with E-state index in [0.717, 1.165) is 36.5 Å². The minimum atomic E-state index is -0.241. The highest BCUT2D eigenvalue weighted by Crippen LogP contribution is 2.47. The van der Waals surface area contributed by atoms with E-state index >= 15 is 0 Å². The molecule has 1 unspecified atom stereocenters. The summed E-state index contributed by atoms with van der Waals surface area (Å²) in [6.07, 6.45) is 1.77. The third-order valence-corrected chi connectivity index (χ3v) is 6.77. The van der Waals surface area contributed by atoms with Gasteiger partial charge in [-0.1, -0.05) is 11.6 Å². The summed E-state index contributed by atoms with van der Waals surface area (Å²) in [5.74, 6) is -0.241. The zero-order valence-corrected chi connectivity index (χ0v) is 18.7. The van der Waals surface area contributed by atoms with Crippen LogP contribution in [-0.4, -0.2) is 55.2 Å². The first kappa shape index (κ1) is 21.1. The number of halogens is 1. The topological polar surface area (TPSA) is 74.8 Å². The van der Waals surface area contributed by atoms with Gasteiger partial charge in [-0.3, -0.25) is 15.0 Å². The molecule has 2 aliphatic heterocycles. The lowest BCUT2D eigenvalue weighted by Crippen LogP contribution is -2.40. The Balaban J connectivity index is 1.46. The number of urea groups is 1. The van der Waals surface area contributed by atoms with Crippen molar-refractivity contribution in [1.82, 2.24) is 9.88 Å². The predicted molar refractivity (Wildman–Crippen MR) is 119 cm³/mol. The molecule has 3 heterocycles. The maximum Gasteiger partial charge on any atom is 0.328 e. The number of likely N-dealkylation sites (tertiary alicyclic amines) is 1. The molecule has 0 bridgehead atoms. The molecule has 2 amide bonds. The van der Waals surface area contributed by atoms with Crippen LogP contribution in [0.25, 0.3) is 0 Å². The second-order valence-electron chi connectivity index (χ2n) is 7.89. The van der Waals surface area contributed by atoms with E-state index in [9.17, 15) is 9.59 Å². The largest absolute Gasteiger partial charge is 0.466 e. The van der Waals surface area contributed by atoms with Gasteiger partial charge in [0.1, 0.15) is 0 Å². The van der Waals surface area contributed by atoms with Gasteiger partial charge in [0.05, 0.1) is 18.7 Å². The normalized spacial score (nSPS) is 20.6. The summed E-state index contributed by atoms with van der Waals surface area (Å²) in [4.78, 5) is 33.2. The molecule has 1 N–H and O–H groups in total. The second kappa shape index (κ2) is 8.53. The fourth-order valence-corrected chi connectivity index (χ4v) is 5.26. The number of carbonyl (C=O) groups excluding carboxylic acids is 2. The number of hydrogen-bond donors (Lipinski definition) is 1. The van der Waals surface area contributed by atoms with Crippen molar-refractivity contribution in [2.75, 3.05) is 43.5 Å². The van der Waals surface area contributed by atoms with E-state index < -0.39 is 0 Å². The van der Waals surface area contributed by atoms with Crippen LogP contribution in [0.2, 0.25) is 5.02 Å². The van der Waals surface area contributed by atoms with Gasteiger partial charge in [0.2, 0.25) is 0 Å². The van der Waals surface area contributed by atoms with Crippen LogP contribution in [0.15, 0.2) is 23.6 Å². The third kappa shape index (κ3) is 4.17. The van der Waals surface area contributed by atoms with Gasteiger partial charge in [-0.05, 0) is 50.7 Å². The van der Waals surface area contributed by atoms with Gasteiger partial charge in [0, 0.05) is 41.0 Å². The number of aromatic nitrogens is 1. The van der Waals surface area contributed by atoms with Crippen LogP contribution in [0, 0.1) is 0 Å². The van der Waals surface area contributed by atoms with E-state index in [1.807, 2.05) is 23.6 Å². The van der Waals surface area contributed by atoms with Crippen LogP contribution < -0.4 is 10.2 Å². The Hall–Kier alpha value is -2.16. The van der Waals surface area contributed by atoms with Crippen molar-refractivity contribution in [3.63, 3.8) is 0 Å². The van der Waals surface area contributed by atoms with Crippen molar-refractivity contribution in [3.05, 3.63) is 39.9 Å². The Morgan fingerprint density at radius 2 is 2.20 bits per heavy atom. The number of nitrogens with one attached hydrogen (secondary N) is 1. The smallest absolute Gasteiger partial charge is 0.328 e. The number of likely N-dealkylation sites (N-methyl/N-ethyl adjacent to an activating group) is 1. The molecule has 0 radical (unpaired) electrons. The van der Waals surface area contributed by atoms with Gasteiger partial charge >= 0.3 is 12.0 Å². The molecule has 2 aliphatic rings. The monoisotopic (exact) mass is 448 g/mol. The zero-order valence-electron chi connectivity index (χ0n) is 17.1. The third-order valence-electron chi connectivity index (χ3n) is 5.73. The summed E-state index contributed by atoms with van der Waals surface area (Å²) in [6.45, 7) is 4.68. The number of thiazole rings is 1. The van der Waals surface area contributed by atoms with Gasteiger partial charge in [-0.2, -0.15) is 0 Å². The molecule has 9 heteroatoms. The van der Waals surface area contributed by atoms with Crippen LogP contribution in [-0.2, 0) is 21.4 Å². The number of rotatable bonds is 5. The maximum atomic E-state index is 13.1. The number of esters is 1. The molecular formula is C21H25ClN4O3S. The Labute approximate surface area is 185 Å². The Morgan fingerprint density at radius 3 is 2.93 bits per heavy atom. The summed E-state index contributed by atoms with van der Waals surface area (Å²) in [5.41, 5.74) is 2.74. The van der Waals surface area contributed by atoms with E-state index in [4.69, 9.17) is 16.3 Å². The highest BCUT2D eigenvalue weighted by atomic mass is 35.5. The summed E-state index contributed by atoms with van der Waals surface area (Å²) in [6, 6.07) is 5.56. The molecule has 0 aliphatic carbocycles. The van der Waals surface area contributed by atoms with Crippen LogP contribution in [0.3, 0.4) is 0 Å². The minimum absolute atomic E-state index is 0.0833. The number of amides is 2. The molecule has 0 saturated carbocycles. The van der Waals surface area contributed by atoms with E-state index in [0.29, 0.717) is 29.7 Å². The molecule has 2 aromatic rings. The van der Waals surface area contributed by atoms with E-state index in [1.165, 1.54) is 11.3 Å². The van der Waals surface area contributed by atoms with Crippen LogP contribution >= 0.6 is 22.9 Å². The Morgan fingerprint density at radius 1 is 1.37 bits per heavy atom. The zero-order chi connectivity index (χ0) is 21.3. The van der Waals surface area contributed by atoms with E-state index in [-0.39, 0.29) is 23.8 Å². The van der Waals surface area contributed by atoms with E-state index in [2.05, 4.69) is 22.2 Å². The van der Waals surface area contributed by atoms with Crippen LogP contribution in [0.5, 0.6) is 0 Å². The average molecular weight is 449 g/mol. The molecule has 1 fully saturated rings. The number of hydrogen-bond acceptors (Lipinski definition) is 6. The van der Waals surface area contributed by atoms with Crippen LogP contribution in [0.4, 0.5) is 15.6 Å². The average Bonchev–Trinajstić information content (AvgIpc) is 3.39. The molecule has 1 atom stereocenters. The van der Waals surface area contributed by atoms with E-state index in [1.54, 1.807) is 11.8 Å². The molecule has 30 heavy (non-hydrogen) atoms. The number of fused-ring (bicyclic) bond motifs is 2. The Kier molecular flexibility index (Phi) is 5.99. The van der Waals surface area contributed by atoms with Gasteiger partial charge in [0.25, 0.3) is 0 Å². The summed E-state index contributed by atoms with van der Waals surface area (Å²) >= 11 is 7.64. The van der Waals surface area contributed by atoms with Gasteiger partial charge in [-0.25, -0.2) is 9.78 Å². The fraction of sp³-hybridized carbons (Fsp3) is 0.476. The second-order valence-corrected chi connectivity index (χ2v) is 9.19. The molecule has 1 saturated heterocycles. The minimum Gasteiger partial charge on any atom is -0.466 e. The summed E-state index contributed by atoms with van der Waals surface area (Å²) in [5, 5.41) is 6.00. The molecular weight excluding hydrogens is 424 g/mol. The molecule has 1 aromatic carbocycles. The van der Waals surface area contributed by atoms with Crippen molar-refractivity contribution < 1.29 is 14.3 Å². The lowest BCUT2D eigenvalue weighted by Gasteiger charge is -2.25. The number of anilines is 2. The molecule has 1 spiro atoms. The number of ether oxygens (including phenoxy) is 1. The fourth-order valence-electron chi connectivity index (χ4n) is 4.35. The van der Waals surface area contributed by atoms with Crippen molar-refractivity contribution in [3.8, 4) is 0 Å². The lowest BCUT2D eigenvalue weighted by molar-refractivity contribution is -0.143. The molecule has 1 aromatic heterocycles. The first-order valence-corrected chi connectivity index (χ1v) is 11.3. The quantitative estimate of drug-likeness (QED) is 0.702. The highest BCUT2D eigenvalue weighted by molar-refractivity contribution is 7.13. The number of carbonyl (C=O) groups is 2. The molecule has 4 rings (SSSR count). The predicted octanol–water partition coefficient (Wildman–Crippen LogP) is 3.92. The maximum absolute atomic E-state index is 13.1. The summed E-state index contributed by atoms with van der Waals surface area (Å²) < 4.78 is 4.94. The lowest BCUT2D eigenvalue weighted by atomic mass is 9.81. The van der Waals surface area contributed by atoms with Crippen molar-refractivity contribution in [2.24, 2.45) is 0 Å². The number of nitrogens with zero attached hydrogens (tertiary/aromatic N) is 3. The first-order valence-electron chi connectivity index (χ1n) is 10.1. The van der Waals surface area contributed by atoms with Gasteiger partial charge < -0.3 is 9.64 Å². The SMILES string of the molecule is CCOC(=O)CCc1csc(NC(=O)N2CC3(CCN(C)C3)c3cc(Cl)ccc32)n1. The van der Waals surface area contributed by atoms with Crippen molar-refractivity contribution in [2.45, 2.75) is 31.6 Å².